The highest BCUT2D eigenvalue weighted by atomic mass is 35.5. The van der Waals surface area contributed by atoms with E-state index in [0.29, 0.717) is 0 Å². The van der Waals surface area contributed by atoms with Crippen LogP contribution >= 0.6 is 19.4 Å². The van der Waals surface area contributed by atoms with Gasteiger partial charge in [0.25, 0.3) is 13.6 Å². The SMILES string of the molecule is CCCCCCC[n+]1cc[nH]c1CCCCc1ccc(Cl)cc1.O=P([O-])(O)O. The van der Waals surface area contributed by atoms with Gasteiger partial charge in [-0.2, -0.15) is 0 Å². The van der Waals surface area contributed by atoms with Gasteiger partial charge < -0.3 is 14.7 Å². The summed E-state index contributed by atoms with van der Waals surface area (Å²) in [6.45, 7) is 3.42. The molecule has 0 amide bonds. The molecule has 0 saturated heterocycles. The minimum absolute atomic E-state index is 0.820. The van der Waals surface area contributed by atoms with Crippen molar-refractivity contribution in [1.29, 1.82) is 0 Å². The van der Waals surface area contributed by atoms with E-state index >= 15 is 0 Å². The highest BCUT2D eigenvalue weighted by Crippen LogP contribution is 2.19. The van der Waals surface area contributed by atoms with Gasteiger partial charge in [0.05, 0.1) is 6.54 Å². The second-order valence-corrected chi connectivity index (χ2v) is 8.26. The van der Waals surface area contributed by atoms with Gasteiger partial charge in [0.2, 0.25) is 0 Å². The molecule has 28 heavy (non-hydrogen) atoms. The zero-order valence-electron chi connectivity index (χ0n) is 16.5. The number of aromatic nitrogens is 2. The molecule has 1 aromatic carbocycles. The van der Waals surface area contributed by atoms with Crippen LogP contribution in [0, 0.1) is 0 Å². The summed E-state index contributed by atoms with van der Waals surface area (Å²) >= 11 is 5.92. The van der Waals surface area contributed by atoms with E-state index < -0.39 is 7.82 Å². The summed E-state index contributed by atoms with van der Waals surface area (Å²) < 4.78 is 11.2. The van der Waals surface area contributed by atoms with Gasteiger partial charge in [-0.1, -0.05) is 49.9 Å². The molecule has 0 unspecified atom stereocenters. The van der Waals surface area contributed by atoms with Crippen molar-refractivity contribution >= 4 is 19.4 Å². The minimum Gasteiger partial charge on any atom is -0.756 e. The molecular formula is C20H32ClN2O4P. The first-order chi connectivity index (χ1) is 13.3. The van der Waals surface area contributed by atoms with Crippen LogP contribution in [0.4, 0.5) is 0 Å². The van der Waals surface area contributed by atoms with Gasteiger partial charge in [-0.15, -0.1) is 0 Å². The average molecular weight is 431 g/mol. The monoisotopic (exact) mass is 430 g/mol. The van der Waals surface area contributed by atoms with Crippen LogP contribution < -0.4 is 9.46 Å². The molecule has 0 radical (unpaired) electrons. The number of benzene rings is 1. The fraction of sp³-hybridized carbons (Fsp3) is 0.550. The van der Waals surface area contributed by atoms with Crippen molar-refractivity contribution < 1.29 is 23.8 Å². The number of nitrogens with zero attached hydrogens (tertiary/aromatic N) is 1. The van der Waals surface area contributed by atoms with Gasteiger partial charge in [0.1, 0.15) is 12.4 Å². The molecule has 2 rings (SSSR count). The van der Waals surface area contributed by atoms with Gasteiger partial charge in [-0.05, 0) is 49.8 Å². The maximum Gasteiger partial charge on any atom is 0.262 e. The molecule has 0 aliphatic heterocycles. The summed E-state index contributed by atoms with van der Waals surface area (Å²) in [5.74, 6) is 1.37. The van der Waals surface area contributed by atoms with E-state index in [9.17, 15) is 0 Å². The number of rotatable bonds is 11. The number of hydrogen-bond acceptors (Lipinski definition) is 2. The fourth-order valence-electron chi connectivity index (χ4n) is 2.98. The van der Waals surface area contributed by atoms with Crippen LogP contribution in [0.25, 0.3) is 0 Å². The Kier molecular flexibility index (Phi) is 12.4. The fourth-order valence-corrected chi connectivity index (χ4v) is 3.11. The third-order valence-electron chi connectivity index (χ3n) is 4.40. The number of halogens is 1. The molecule has 0 aliphatic rings. The smallest absolute Gasteiger partial charge is 0.262 e. The second kappa shape index (κ2) is 13.9. The topological polar surface area (TPSA) is 100 Å². The normalized spacial score (nSPS) is 11.2. The lowest BCUT2D eigenvalue weighted by Gasteiger charge is -2.03. The molecule has 0 atom stereocenters. The number of aromatic amines is 1. The largest absolute Gasteiger partial charge is 0.756 e. The van der Waals surface area contributed by atoms with Gasteiger partial charge in [-0.3, -0.25) is 4.57 Å². The summed E-state index contributed by atoms with van der Waals surface area (Å²) in [6.07, 6.45) is 15.7. The zero-order chi connectivity index (χ0) is 20.8. The second-order valence-electron chi connectivity index (χ2n) is 6.84. The Labute approximate surface area is 172 Å². The Bertz CT molecular complexity index is 692. The Morgan fingerprint density at radius 2 is 1.64 bits per heavy atom. The van der Waals surface area contributed by atoms with Crippen LogP contribution in [0.3, 0.4) is 0 Å². The first kappa shape index (κ1) is 24.9. The zero-order valence-corrected chi connectivity index (χ0v) is 18.2. The van der Waals surface area contributed by atoms with E-state index in [1.807, 2.05) is 12.1 Å². The molecule has 1 heterocycles. The van der Waals surface area contributed by atoms with E-state index in [1.54, 1.807) is 0 Å². The summed E-state index contributed by atoms with van der Waals surface area (Å²) in [4.78, 5) is 26.3. The first-order valence-electron chi connectivity index (χ1n) is 9.86. The summed E-state index contributed by atoms with van der Waals surface area (Å²) in [7, 11) is -4.89. The van der Waals surface area contributed by atoms with Crippen molar-refractivity contribution in [2.75, 3.05) is 0 Å². The van der Waals surface area contributed by atoms with Crippen molar-refractivity contribution in [2.45, 2.75) is 71.3 Å². The van der Waals surface area contributed by atoms with Gasteiger partial charge in [0, 0.05) is 11.4 Å². The first-order valence-corrected chi connectivity index (χ1v) is 11.8. The Balaban J connectivity index is 0.000000696. The molecule has 8 heteroatoms. The van der Waals surface area contributed by atoms with E-state index in [4.69, 9.17) is 30.8 Å². The number of phosphoric acid groups is 1. The van der Waals surface area contributed by atoms with Crippen molar-refractivity contribution in [3.8, 4) is 0 Å². The summed E-state index contributed by atoms with van der Waals surface area (Å²) in [5, 5.41) is 0.820. The number of aryl methyl sites for hydroxylation is 3. The van der Waals surface area contributed by atoms with Crippen LogP contribution in [0.1, 0.15) is 63.3 Å². The molecule has 2 aromatic rings. The predicted molar refractivity (Wildman–Crippen MR) is 110 cm³/mol. The van der Waals surface area contributed by atoms with E-state index in [-0.39, 0.29) is 0 Å². The van der Waals surface area contributed by atoms with Crippen molar-refractivity contribution in [2.24, 2.45) is 0 Å². The highest BCUT2D eigenvalue weighted by Gasteiger charge is 2.09. The number of hydrogen-bond donors (Lipinski definition) is 3. The molecule has 0 fully saturated rings. The molecule has 0 saturated carbocycles. The van der Waals surface area contributed by atoms with Gasteiger partial charge in [-0.25, -0.2) is 9.55 Å². The average Bonchev–Trinajstić information content (AvgIpc) is 3.06. The van der Waals surface area contributed by atoms with Crippen molar-refractivity contribution in [1.82, 2.24) is 4.98 Å². The summed E-state index contributed by atoms with van der Waals surface area (Å²) in [5.41, 5.74) is 1.38. The van der Waals surface area contributed by atoms with E-state index in [0.717, 1.165) is 24.4 Å². The molecule has 6 nitrogen and oxygen atoms in total. The number of unbranched alkanes of at least 4 members (excludes halogenated alkanes) is 5. The number of nitrogens with one attached hydrogen (secondary N) is 1. The van der Waals surface area contributed by atoms with Crippen molar-refractivity contribution in [3.05, 3.63) is 53.1 Å². The maximum atomic E-state index is 8.77. The van der Waals surface area contributed by atoms with Crippen LogP contribution in [-0.2, 0) is 24.0 Å². The maximum absolute atomic E-state index is 8.77. The standard InChI is InChI=1S/C20H29ClN2.H3O4P/c1-2-3-4-5-8-16-23-17-15-22-20(23)10-7-6-9-18-11-13-19(21)14-12-18;1-5(2,3)4/h11-15,17H,2-10,16H2,1H3;(H3,1,2,3,4). The van der Waals surface area contributed by atoms with Crippen molar-refractivity contribution in [3.63, 3.8) is 0 Å². The highest BCUT2D eigenvalue weighted by molar-refractivity contribution is 7.43. The van der Waals surface area contributed by atoms with E-state index in [1.165, 1.54) is 56.3 Å². The Hall–Kier alpha value is -1.17. The lowest BCUT2D eigenvalue weighted by atomic mass is 10.1. The third-order valence-corrected chi connectivity index (χ3v) is 4.65. The third kappa shape index (κ3) is 13.1. The summed E-state index contributed by atoms with van der Waals surface area (Å²) in [6, 6.07) is 8.23. The lowest BCUT2D eigenvalue weighted by Crippen LogP contribution is -2.36. The Morgan fingerprint density at radius 3 is 2.29 bits per heavy atom. The molecule has 3 N–H and O–H groups in total. The molecule has 0 aliphatic carbocycles. The van der Waals surface area contributed by atoms with Crippen LogP contribution in [0.5, 0.6) is 0 Å². The molecule has 0 spiro atoms. The quantitative estimate of drug-likeness (QED) is 0.285. The molecule has 1 aromatic heterocycles. The molecule has 158 valence electrons. The van der Waals surface area contributed by atoms with Crippen LogP contribution in [-0.4, -0.2) is 14.8 Å². The van der Waals surface area contributed by atoms with Crippen LogP contribution in [0.2, 0.25) is 5.02 Å². The van der Waals surface area contributed by atoms with Gasteiger partial charge in [0.15, 0.2) is 0 Å². The molecular weight excluding hydrogens is 399 g/mol. The van der Waals surface area contributed by atoms with Gasteiger partial charge >= 0.3 is 0 Å². The minimum atomic E-state index is -4.89. The van der Waals surface area contributed by atoms with Crippen LogP contribution in [0.15, 0.2) is 36.7 Å². The number of imidazole rings is 1. The lowest BCUT2D eigenvalue weighted by molar-refractivity contribution is -0.703. The van der Waals surface area contributed by atoms with E-state index in [2.05, 4.69) is 41.0 Å². The Morgan fingerprint density at radius 1 is 1.04 bits per heavy atom. The number of H-pyrrole nitrogens is 1. The molecule has 0 bridgehead atoms. The predicted octanol–water partition coefficient (Wildman–Crippen LogP) is 3.93.